The highest BCUT2D eigenvalue weighted by atomic mass is 16.1. The van der Waals surface area contributed by atoms with E-state index in [1.165, 1.54) is 27.8 Å². The number of rotatable bonds is 1. The maximum atomic E-state index is 11.4. The van der Waals surface area contributed by atoms with Crippen LogP contribution in [0.1, 0.15) is 29.7 Å². The van der Waals surface area contributed by atoms with Crippen LogP contribution >= 0.6 is 0 Å². The van der Waals surface area contributed by atoms with Gasteiger partial charge in [0.1, 0.15) is 0 Å². The number of carbonyl (C=O) groups is 1. The van der Waals surface area contributed by atoms with Crippen LogP contribution in [0.2, 0.25) is 0 Å². The van der Waals surface area contributed by atoms with E-state index in [-0.39, 0.29) is 11.9 Å². The first-order chi connectivity index (χ1) is 9.15. The fourth-order valence-corrected chi connectivity index (χ4v) is 2.88. The average molecular weight is 251 g/mol. The molecule has 1 N–H and O–H groups in total. The number of carbonyl (C=O) groups excluding carboxylic acids is 1. The van der Waals surface area contributed by atoms with E-state index in [2.05, 4.69) is 54.7 Å². The molecular formula is C17H17NO. The summed E-state index contributed by atoms with van der Waals surface area (Å²) in [7, 11) is 0. The lowest BCUT2D eigenvalue weighted by Crippen LogP contribution is -2.30. The lowest BCUT2D eigenvalue weighted by atomic mass is 9.82. The summed E-state index contributed by atoms with van der Waals surface area (Å²) in [6.07, 6.45) is 0.867. The normalized spacial score (nSPS) is 16.4. The molecule has 0 aromatic heterocycles. The molecule has 1 aliphatic carbocycles. The summed E-state index contributed by atoms with van der Waals surface area (Å²) in [6, 6.07) is 15.0. The van der Waals surface area contributed by atoms with E-state index >= 15 is 0 Å². The third kappa shape index (κ3) is 2.14. The minimum atomic E-state index is 0.0248. The van der Waals surface area contributed by atoms with E-state index in [0.717, 1.165) is 6.42 Å². The second-order valence-electron chi connectivity index (χ2n) is 5.21. The van der Waals surface area contributed by atoms with Gasteiger partial charge in [-0.1, -0.05) is 48.0 Å². The van der Waals surface area contributed by atoms with Crippen molar-refractivity contribution < 1.29 is 4.79 Å². The number of amides is 1. The Bertz CT molecular complexity index is 645. The molecule has 1 atom stereocenters. The van der Waals surface area contributed by atoms with Crippen molar-refractivity contribution in [1.82, 2.24) is 5.32 Å². The van der Waals surface area contributed by atoms with Crippen LogP contribution in [0.15, 0.2) is 42.5 Å². The van der Waals surface area contributed by atoms with Crippen LogP contribution in [0.25, 0.3) is 11.1 Å². The van der Waals surface area contributed by atoms with Crippen LogP contribution in [0.4, 0.5) is 0 Å². The quantitative estimate of drug-likeness (QED) is 0.827. The second kappa shape index (κ2) is 4.54. The molecule has 2 nitrogen and oxygen atoms in total. The third-order valence-corrected chi connectivity index (χ3v) is 3.69. The molecule has 1 unspecified atom stereocenters. The molecule has 0 heterocycles. The van der Waals surface area contributed by atoms with Gasteiger partial charge < -0.3 is 5.32 Å². The van der Waals surface area contributed by atoms with E-state index in [9.17, 15) is 4.79 Å². The number of hydrogen-bond acceptors (Lipinski definition) is 1. The molecule has 1 aliphatic rings. The standard InChI is InChI=1S/C17H17NO/c1-11-7-8-15-14-6-4-3-5-13(14)10-17(16(15)9-11)18-12(2)19/h3-9,17H,10H2,1-2H3,(H,18,19). The second-order valence-corrected chi connectivity index (χ2v) is 5.21. The molecule has 3 rings (SSSR count). The predicted octanol–water partition coefficient (Wildman–Crippen LogP) is 3.40. The van der Waals surface area contributed by atoms with Gasteiger partial charge in [0, 0.05) is 6.92 Å². The summed E-state index contributed by atoms with van der Waals surface area (Å²) in [4.78, 5) is 11.4. The van der Waals surface area contributed by atoms with Crippen molar-refractivity contribution in [3.63, 3.8) is 0 Å². The van der Waals surface area contributed by atoms with Crippen molar-refractivity contribution in [1.29, 1.82) is 0 Å². The van der Waals surface area contributed by atoms with E-state index in [4.69, 9.17) is 0 Å². The molecule has 0 bridgehead atoms. The number of hydrogen-bond donors (Lipinski definition) is 1. The van der Waals surface area contributed by atoms with Crippen molar-refractivity contribution >= 4 is 5.91 Å². The molecule has 2 aromatic rings. The van der Waals surface area contributed by atoms with Gasteiger partial charge in [-0.05, 0) is 35.6 Å². The van der Waals surface area contributed by atoms with Crippen molar-refractivity contribution in [2.24, 2.45) is 0 Å². The van der Waals surface area contributed by atoms with Gasteiger partial charge in [-0.2, -0.15) is 0 Å². The topological polar surface area (TPSA) is 29.1 Å². The van der Waals surface area contributed by atoms with Gasteiger partial charge in [0.05, 0.1) is 6.04 Å². The maximum absolute atomic E-state index is 11.4. The monoisotopic (exact) mass is 251 g/mol. The van der Waals surface area contributed by atoms with Crippen LogP contribution < -0.4 is 5.32 Å². The Labute approximate surface area is 113 Å². The molecule has 0 aliphatic heterocycles. The van der Waals surface area contributed by atoms with Crippen molar-refractivity contribution in [2.75, 3.05) is 0 Å². The van der Waals surface area contributed by atoms with E-state index in [1.54, 1.807) is 6.92 Å². The third-order valence-electron chi connectivity index (χ3n) is 3.69. The molecule has 0 saturated carbocycles. The largest absolute Gasteiger partial charge is 0.349 e. The molecule has 2 aromatic carbocycles. The number of benzene rings is 2. The molecule has 0 fully saturated rings. The molecule has 0 spiro atoms. The zero-order valence-electron chi connectivity index (χ0n) is 11.2. The number of fused-ring (bicyclic) bond motifs is 3. The Morgan fingerprint density at radius 3 is 2.74 bits per heavy atom. The lowest BCUT2D eigenvalue weighted by molar-refractivity contribution is -0.119. The van der Waals surface area contributed by atoms with Gasteiger partial charge in [-0.15, -0.1) is 0 Å². The van der Waals surface area contributed by atoms with E-state index < -0.39 is 0 Å². The SMILES string of the molecule is CC(=O)NC1Cc2ccccc2-c2ccc(C)cc21. The summed E-state index contributed by atoms with van der Waals surface area (Å²) in [5, 5.41) is 3.07. The fraction of sp³-hybridized carbons (Fsp3) is 0.235. The van der Waals surface area contributed by atoms with E-state index in [1.807, 2.05) is 0 Å². The minimum absolute atomic E-state index is 0.0248. The Balaban J connectivity index is 2.16. The van der Waals surface area contributed by atoms with Crippen molar-refractivity contribution in [3.05, 3.63) is 59.2 Å². The summed E-state index contributed by atoms with van der Waals surface area (Å²) in [6.45, 7) is 3.67. The van der Waals surface area contributed by atoms with Gasteiger partial charge in [-0.3, -0.25) is 4.79 Å². The first-order valence-electron chi connectivity index (χ1n) is 6.61. The van der Waals surface area contributed by atoms with Gasteiger partial charge in [0.25, 0.3) is 0 Å². The zero-order chi connectivity index (χ0) is 13.4. The smallest absolute Gasteiger partial charge is 0.217 e. The van der Waals surface area contributed by atoms with Crippen molar-refractivity contribution in [2.45, 2.75) is 26.3 Å². The highest BCUT2D eigenvalue weighted by Crippen LogP contribution is 2.38. The van der Waals surface area contributed by atoms with Crippen LogP contribution in [-0.4, -0.2) is 5.91 Å². The molecule has 1 amide bonds. The Morgan fingerprint density at radius 2 is 1.95 bits per heavy atom. The summed E-state index contributed by atoms with van der Waals surface area (Å²) in [5.41, 5.74) is 6.30. The zero-order valence-corrected chi connectivity index (χ0v) is 11.2. The van der Waals surface area contributed by atoms with Crippen LogP contribution in [0, 0.1) is 6.92 Å². The Morgan fingerprint density at radius 1 is 1.16 bits per heavy atom. The van der Waals surface area contributed by atoms with Crippen molar-refractivity contribution in [3.8, 4) is 11.1 Å². The molecule has 0 radical (unpaired) electrons. The van der Waals surface area contributed by atoms with Gasteiger partial charge in [0.2, 0.25) is 5.91 Å². The molecule has 2 heteroatoms. The summed E-state index contributed by atoms with van der Waals surface area (Å²) >= 11 is 0. The van der Waals surface area contributed by atoms with Gasteiger partial charge in [-0.25, -0.2) is 0 Å². The number of aryl methyl sites for hydroxylation is 1. The van der Waals surface area contributed by atoms with Crippen LogP contribution in [0.5, 0.6) is 0 Å². The summed E-state index contributed by atoms with van der Waals surface area (Å²) < 4.78 is 0. The highest BCUT2D eigenvalue weighted by molar-refractivity contribution is 5.78. The van der Waals surface area contributed by atoms with Crippen LogP contribution in [0.3, 0.4) is 0 Å². The van der Waals surface area contributed by atoms with Gasteiger partial charge >= 0.3 is 0 Å². The number of nitrogens with one attached hydrogen (secondary N) is 1. The molecule has 19 heavy (non-hydrogen) atoms. The highest BCUT2D eigenvalue weighted by Gasteiger charge is 2.24. The lowest BCUT2D eigenvalue weighted by Gasteiger charge is -2.28. The molecule has 0 saturated heterocycles. The maximum Gasteiger partial charge on any atom is 0.217 e. The van der Waals surface area contributed by atoms with Gasteiger partial charge in [0.15, 0.2) is 0 Å². The Kier molecular flexibility index (Phi) is 2.86. The summed E-state index contributed by atoms with van der Waals surface area (Å²) in [5.74, 6) is 0.0248. The average Bonchev–Trinajstić information content (AvgIpc) is 2.38. The first-order valence-corrected chi connectivity index (χ1v) is 6.61. The minimum Gasteiger partial charge on any atom is -0.349 e. The van der Waals surface area contributed by atoms with E-state index in [0.29, 0.717) is 0 Å². The molecule has 96 valence electrons. The first kappa shape index (κ1) is 12.0. The van der Waals surface area contributed by atoms with Crippen LogP contribution in [-0.2, 0) is 11.2 Å². The molecular weight excluding hydrogens is 234 g/mol. The Hall–Kier alpha value is -2.09. The fourth-order valence-electron chi connectivity index (χ4n) is 2.88. The predicted molar refractivity (Wildman–Crippen MR) is 76.9 cm³/mol.